The molecule has 0 radical (unpaired) electrons. The number of anilines is 1. The molecule has 0 aromatic heterocycles. The number of carbonyl (C=O) groups is 1. The molecule has 1 amide bonds. The molecule has 0 saturated carbocycles. The molecule has 0 spiro atoms. The maximum absolute atomic E-state index is 12.1. The first-order valence-electron chi connectivity index (χ1n) is 5.74. The summed E-state index contributed by atoms with van der Waals surface area (Å²) in [5.74, 6) is -0.303. The second kappa shape index (κ2) is 5.76. The minimum atomic E-state index is -3.29. The van der Waals surface area contributed by atoms with E-state index in [0.717, 1.165) is 6.26 Å². The summed E-state index contributed by atoms with van der Waals surface area (Å²) < 4.78 is 23.6. The maximum atomic E-state index is 12.1. The molecule has 0 saturated heterocycles. The van der Waals surface area contributed by atoms with Gasteiger partial charge in [-0.2, -0.15) is 0 Å². The van der Waals surface area contributed by atoms with Gasteiger partial charge in [0, 0.05) is 16.4 Å². The van der Waals surface area contributed by atoms with Gasteiger partial charge >= 0.3 is 0 Å². The van der Waals surface area contributed by atoms with Gasteiger partial charge in [-0.3, -0.25) is 4.79 Å². The van der Waals surface area contributed by atoms with Crippen LogP contribution >= 0.6 is 15.9 Å². The summed E-state index contributed by atoms with van der Waals surface area (Å²) in [5, 5.41) is 2.68. The highest BCUT2D eigenvalue weighted by molar-refractivity contribution is 9.10. The van der Waals surface area contributed by atoms with Crippen molar-refractivity contribution in [2.45, 2.75) is 4.90 Å². The van der Waals surface area contributed by atoms with Crippen LogP contribution in [0.15, 0.2) is 57.9 Å². The zero-order valence-corrected chi connectivity index (χ0v) is 13.0. The van der Waals surface area contributed by atoms with E-state index in [4.69, 9.17) is 0 Å². The maximum Gasteiger partial charge on any atom is 0.256 e. The van der Waals surface area contributed by atoms with Gasteiger partial charge in [0.2, 0.25) is 0 Å². The first kappa shape index (κ1) is 14.7. The number of sulfone groups is 1. The lowest BCUT2D eigenvalue weighted by Gasteiger charge is -2.08. The Bertz CT molecular complexity index is 757. The quantitative estimate of drug-likeness (QED) is 0.921. The molecular weight excluding hydrogens is 342 g/mol. The van der Waals surface area contributed by atoms with Crippen LogP contribution in [0.5, 0.6) is 0 Å². The highest BCUT2D eigenvalue weighted by Gasteiger charge is 2.11. The van der Waals surface area contributed by atoms with Crippen LogP contribution in [0.2, 0.25) is 0 Å². The van der Waals surface area contributed by atoms with Crippen molar-refractivity contribution < 1.29 is 13.2 Å². The normalized spacial score (nSPS) is 11.1. The zero-order chi connectivity index (χ0) is 14.8. The van der Waals surface area contributed by atoms with Gasteiger partial charge in [0.15, 0.2) is 9.84 Å². The van der Waals surface area contributed by atoms with Gasteiger partial charge in [0.05, 0.1) is 10.5 Å². The topological polar surface area (TPSA) is 63.2 Å². The van der Waals surface area contributed by atoms with Crippen molar-refractivity contribution in [1.29, 1.82) is 0 Å². The molecule has 4 nitrogen and oxygen atoms in total. The summed E-state index contributed by atoms with van der Waals surface area (Å²) in [4.78, 5) is 12.3. The van der Waals surface area contributed by atoms with E-state index in [0.29, 0.717) is 15.7 Å². The molecule has 0 aliphatic rings. The predicted octanol–water partition coefficient (Wildman–Crippen LogP) is 3.10. The number of hydrogen-bond donors (Lipinski definition) is 1. The highest BCUT2D eigenvalue weighted by atomic mass is 79.9. The lowest BCUT2D eigenvalue weighted by atomic mass is 10.2. The van der Waals surface area contributed by atoms with Crippen LogP contribution in [-0.4, -0.2) is 20.6 Å². The Morgan fingerprint density at radius 3 is 2.45 bits per heavy atom. The third-order valence-corrected chi connectivity index (χ3v) is 4.44. The monoisotopic (exact) mass is 353 g/mol. The van der Waals surface area contributed by atoms with Crippen molar-refractivity contribution in [2.24, 2.45) is 0 Å². The number of nitrogens with one attached hydrogen (secondary N) is 1. The van der Waals surface area contributed by atoms with Crippen molar-refractivity contribution in [3.05, 3.63) is 58.6 Å². The molecule has 0 bridgehead atoms. The van der Waals surface area contributed by atoms with E-state index < -0.39 is 9.84 Å². The van der Waals surface area contributed by atoms with Gasteiger partial charge in [0.1, 0.15) is 0 Å². The fourth-order valence-corrected chi connectivity index (χ4v) is 2.78. The van der Waals surface area contributed by atoms with Gasteiger partial charge < -0.3 is 5.32 Å². The largest absolute Gasteiger partial charge is 0.322 e. The smallest absolute Gasteiger partial charge is 0.256 e. The first-order chi connectivity index (χ1) is 9.38. The molecule has 2 aromatic rings. The fraction of sp³-hybridized carbons (Fsp3) is 0.0714. The van der Waals surface area contributed by atoms with Crippen LogP contribution in [0.25, 0.3) is 0 Å². The van der Waals surface area contributed by atoms with E-state index in [1.54, 1.807) is 30.3 Å². The van der Waals surface area contributed by atoms with Gasteiger partial charge in [-0.15, -0.1) is 0 Å². The van der Waals surface area contributed by atoms with E-state index in [1.165, 1.54) is 12.1 Å². The third kappa shape index (κ3) is 3.46. The van der Waals surface area contributed by atoms with E-state index in [9.17, 15) is 13.2 Å². The van der Waals surface area contributed by atoms with Crippen LogP contribution in [0.1, 0.15) is 10.4 Å². The molecule has 1 N–H and O–H groups in total. The molecule has 0 fully saturated rings. The molecule has 2 aromatic carbocycles. The molecule has 0 aliphatic carbocycles. The fourth-order valence-electron chi connectivity index (χ4n) is 1.65. The molecule has 6 heteroatoms. The summed E-state index contributed by atoms with van der Waals surface area (Å²) in [6.45, 7) is 0. The standard InChI is InChI=1S/C14H12BrNO3S/c1-20(18,19)11-6-4-5-10(9-11)16-14(17)12-7-2-3-8-13(12)15/h2-9H,1H3,(H,16,17). The Labute approximate surface area is 125 Å². The average molecular weight is 354 g/mol. The molecule has 0 aliphatic heterocycles. The van der Waals surface area contributed by atoms with Crippen molar-refractivity contribution in [3.63, 3.8) is 0 Å². The number of rotatable bonds is 3. The summed E-state index contributed by atoms with van der Waals surface area (Å²) in [7, 11) is -3.29. The first-order valence-corrected chi connectivity index (χ1v) is 8.42. The number of amides is 1. The minimum Gasteiger partial charge on any atom is -0.322 e. The Hall–Kier alpha value is -1.66. The lowest BCUT2D eigenvalue weighted by molar-refractivity contribution is 0.102. The Balaban J connectivity index is 2.27. The predicted molar refractivity (Wildman–Crippen MR) is 81.6 cm³/mol. The van der Waals surface area contributed by atoms with E-state index in [-0.39, 0.29) is 10.8 Å². The summed E-state index contributed by atoms with van der Waals surface area (Å²) in [5.41, 5.74) is 0.922. The lowest BCUT2D eigenvalue weighted by Crippen LogP contribution is -2.12. The van der Waals surface area contributed by atoms with E-state index in [1.807, 2.05) is 6.07 Å². The van der Waals surface area contributed by atoms with E-state index in [2.05, 4.69) is 21.2 Å². The van der Waals surface area contributed by atoms with Crippen molar-refractivity contribution in [3.8, 4) is 0 Å². The summed E-state index contributed by atoms with van der Waals surface area (Å²) >= 11 is 3.30. The van der Waals surface area contributed by atoms with Gasteiger partial charge in [-0.25, -0.2) is 8.42 Å². The second-order valence-corrected chi connectivity index (χ2v) is 7.10. The molecule has 0 heterocycles. The third-order valence-electron chi connectivity index (χ3n) is 2.64. The van der Waals surface area contributed by atoms with Crippen molar-refractivity contribution >= 4 is 37.4 Å². The van der Waals surface area contributed by atoms with Crippen LogP contribution in [0.3, 0.4) is 0 Å². The van der Waals surface area contributed by atoms with Gasteiger partial charge in [-0.05, 0) is 46.3 Å². The molecule has 0 atom stereocenters. The number of benzene rings is 2. The summed E-state index contributed by atoms with van der Waals surface area (Å²) in [6.07, 6.45) is 1.13. The highest BCUT2D eigenvalue weighted by Crippen LogP contribution is 2.19. The Morgan fingerprint density at radius 2 is 1.80 bits per heavy atom. The van der Waals surface area contributed by atoms with Crippen molar-refractivity contribution in [1.82, 2.24) is 0 Å². The number of hydrogen-bond acceptors (Lipinski definition) is 3. The summed E-state index contributed by atoms with van der Waals surface area (Å²) in [6, 6.07) is 13.2. The van der Waals surface area contributed by atoms with Gasteiger partial charge in [0.25, 0.3) is 5.91 Å². The molecule has 20 heavy (non-hydrogen) atoms. The average Bonchev–Trinajstić information content (AvgIpc) is 2.38. The zero-order valence-electron chi connectivity index (χ0n) is 10.6. The molecule has 0 unspecified atom stereocenters. The number of halogens is 1. The molecule has 2 rings (SSSR count). The second-order valence-electron chi connectivity index (χ2n) is 4.23. The van der Waals surface area contributed by atoms with Crippen LogP contribution < -0.4 is 5.32 Å². The van der Waals surface area contributed by atoms with Crippen molar-refractivity contribution in [2.75, 3.05) is 11.6 Å². The Kier molecular flexibility index (Phi) is 4.25. The van der Waals surface area contributed by atoms with Crippen LogP contribution in [-0.2, 0) is 9.84 Å². The molecular formula is C14H12BrNO3S. The van der Waals surface area contributed by atoms with Gasteiger partial charge in [-0.1, -0.05) is 18.2 Å². The SMILES string of the molecule is CS(=O)(=O)c1cccc(NC(=O)c2ccccc2Br)c1. The minimum absolute atomic E-state index is 0.169. The number of carbonyl (C=O) groups excluding carboxylic acids is 1. The Morgan fingerprint density at radius 1 is 1.10 bits per heavy atom. The molecule has 104 valence electrons. The van der Waals surface area contributed by atoms with Crippen LogP contribution in [0, 0.1) is 0 Å². The van der Waals surface area contributed by atoms with E-state index >= 15 is 0 Å². The van der Waals surface area contributed by atoms with Crippen LogP contribution in [0.4, 0.5) is 5.69 Å².